The van der Waals surface area contributed by atoms with Gasteiger partial charge in [0.15, 0.2) is 0 Å². The van der Waals surface area contributed by atoms with E-state index in [9.17, 15) is 10.2 Å². The number of methoxy groups -OCH3 is 2. The highest BCUT2D eigenvalue weighted by Crippen LogP contribution is 2.43. The topological polar surface area (TPSA) is 58.9 Å². The molecule has 0 aromatic heterocycles. The third kappa shape index (κ3) is 3.37. The molecule has 0 aliphatic heterocycles. The Morgan fingerprint density at radius 1 is 0.826 bits per heavy atom. The van der Waals surface area contributed by atoms with Gasteiger partial charge in [-0.3, -0.25) is 0 Å². The van der Waals surface area contributed by atoms with E-state index in [1.807, 2.05) is 32.9 Å². The molecule has 23 heavy (non-hydrogen) atoms. The molecule has 0 saturated heterocycles. The highest BCUT2D eigenvalue weighted by molar-refractivity contribution is 7.73. The molecule has 0 fully saturated rings. The zero-order valence-electron chi connectivity index (χ0n) is 14.2. The van der Waals surface area contributed by atoms with Crippen LogP contribution in [0.2, 0.25) is 0 Å². The number of ether oxygens (including phenoxy) is 2. The Kier molecular flexibility index (Phi) is 5.38. The van der Waals surface area contributed by atoms with Crippen molar-refractivity contribution in [3.8, 4) is 23.0 Å². The smallest absolute Gasteiger partial charge is 0.126 e. The van der Waals surface area contributed by atoms with Crippen molar-refractivity contribution in [3.05, 3.63) is 35.4 Å². The summed E-state index contributed by atoms with van der Waals surface area (Å²) in [5.41, 5.74) is 1.53. The molecule has 4 nitrogen and oxygen atoms in total. The van der Waals surface area contributed by atoms with Gasteiger partial charge in [-0.05, 0) is 63.3 Å². The summed E-state index contributed by atoms with van der Waals surface area (Å²) in [5, 5.41) is 22.6. The lowest BCUT2D eigenvalue weighted by Gasteiger charge is -2.22. The molecule has 0 aliphatic rings. The normalized spacial score (nSPS) is 10.9. The summed E-state index contributed by atoms with van der Waals surface area (Å²) in [7, 11) is 2.29. The van der Waals surface area contributed by atoms with Gasteiger partial charge in [-0.2, -0.15) is 0 Å². The summed E-state index contributed by atoms with van der Waals surface area (Å²) >= 11 is 0. The molecule has 2 aromatic rings. The van der Waals surface area contributed by atoms with E-state index in [-0.39, 0.29) is 11.5 Å². The van der Waals surface area contributed by atoms with Crippen LogP contribution in [0.1, 0.15) is 18.1 Å². The second-order valence-corrected chi connectivity index (χ2v) is 7.82. The lowest BCUT2D eigenvalue weighted by atomic mass is 10.2. The minimum Gasteiger partial charge on any atom is -0.507 e. The fourth-order valence-electron chi connectivity index (χ4n) is 2.57. The maximum atomic E-state index is 10.5. The number of hydrogen-bond acceptors (Lipinski definition) is 4. The molecule has 124 valence electrons. The predicted molar refractivity (Wildman–Crippen MR) is 95.5 cm³/mol. The predicted octanol–water partition coefficient (Wildman–Crippen LogP) is 3.18. The molecular weight excluding hydrogens is 311 g/mol. The molecule has 0 heterocycles. The number of aryl methyl sites for hydroxylation is 2. The summed E-state index contributed by atoms with van der Waals surface area (Å²) in [6.07, 6.45) is 0.787. The first-order valence-electron chi connectivity index (χ1n) is 7.45. The molecular formula is C18H23O4P. The number of aromatic hydroxyl groups is 2. The fraction of sp³-hybridized carbons (Fsp3) is 0.333. The SMILES string of the molecule is CCP(c1cc(OC)cc(C)c1O)c1cc(OC)cc(C)c1O. The van der Waals surface area contributed by atoms with E-state index in [1.165, 1.54) is 0 Å². The minimum atomic E-state index is -0.927. The molecule has 0 amide bonds. The molecule has 0 aliphatic carbocycles. The van der Waals surface area contributed by atoms with Crippen LogP contribution in [-0.2, 0) is 0 Å². The fourth-order valence-corrected chi connectivity index (χ4v) is 4.95. The van der Waals surface area contributed by atoms with Crippen LogP contribution >= 0.6 is 7.92 Å². The van der Waals surface area contributed by atoms with Crippen LogP contribution in [0, 0.1) is 13.8 Å². The van der Waals surface area contributed by atoms with Gasteiger partial charge in [0, 0.05) is 10.6 Å². The Bertz CT molecular complexity index is 653. The first-order chi connectivity index (χ1) is 10.9. The molecule has 0 unspecified atom stereocenters. The zero-order valence-corrected chi connectivity index (χ0v) is 15.1. The van der Waals surface area contributed by atoms with E-state index in [4.69, 9.17) is 9.47 Å². The molecule has 0 atom stereocenters. The van der Waals surface area contributed by atoms with Crippen LogP contribution in [-0.4, -0.2) is 30.6 Å². The largest absolute Gasteiger partial charge is 0.507 e. The Labute approximate surface area is 138 Å². The highest BCUT2D eigenvalue weighted by atomic mass is 31.1. The number of benzene rings is 2. The second-order valence-electron chi connectivity index (χ2n) is 5.37. The lowest BCUT2D eigenvalue weighted by Crippen LogP contribution is -2.16. The maximum Gasteiger partial charge on any atom is 0.126 e. The van der Waals surface area contributed by atoms with Crippen molar-refractivity contribution in [3.63, 3.8) is 0 Å². The summed E-state index contributed by atoms with van der Waals surface area (Å²) in [5.74, 6) is 1.93. The molecule has 0 spiro atoms. The van der Waals surface area contributed by atoms with Crippen molar-refractivity contribution >= 4 is 18.5 Å². The van der Waals surface area contributed by atoms with Gasteiger partial charge >= 0.3 is 0 Å². The molecule has 5 heteroatoms. The minimum absolute atomic E-state index is 0.263. The van der Waals surface area contributed by atoms with Gasteiger partial charge in [0.05, 0.1) is 14.2 Å². The van der Waals surface area contributed by atoms with Crippen LogP contribution in [0.3, 0.4) is 0 Å². The van der Waals surface area contributed by atoms with E-state index in [0.717, 1.165) is 27.9 Å². The Morgan fingerprint density at radius 2 is 1.22 bits per heavy atom. The summed E-state index contributed by atoms with van der Waals surface area (Å²) in [6.45, 7) is 5.75. The van der Waals surface area contributed by atoms with Crippen molar-refractivity contribution in [2.45, 2.75) is 20.8 Å². The lowest BCUT2D eigenvalue weighted by molar-refractivity contribution is 0.412. The zero-order chi connectivity index (χ0) is 17.1. The molecule has 2 aromatic carbocycles. The average Bonchev–Trinajstić information content (AvgIpc) is 2.55. The molecule has 0 bridgehead atoms. The van der Waals surface area contributed by atoms with E-state index in [1.54, 1.807) is 26.4 Å². The molecule has 2 rings (SSSR count). The van der Waals surface area contributed by atoms with Gasteiger partial charge in [0.2, 0.25) is 0 Å². The van der Waals surface area contributed by atoms with Crippen LogP contribution in [0.25, 0.3) is 0 Å². The molecule has 0 radical (unpaired) electrons. The molecule has 2 N–H and O–H groups in total. The van der Waals surface area contributed by atoms with Gasteiger partial charge in [0.1, 0.15) is 23.0 Å². The molecule has 0 saturated carbocycles. The Balaban J connectivity index is 2.66. The quantitative estimate of drug-likeness (QED) is 0.825. The van der Waals surface area contributed by atoms with E-state index < -0.39 is 7.92 Å². The Hall–Kier alpha value is -1.93. The van der Waals surface area contributed by atoms with Gasteiger partial charge in [0.25, 0.3) is 0 Å². The summed E-state index contributed by atoms with van der Waals surface area (Å²) in [4.78, 5) is 0. The average molecular weight is 334 g/mol. The van der Waals surface area contributed by atoms with E-state index >= 15 is 0 Å². The number of hydrogen-bond donors (Lipinski definition) is 2. The number of phenolic OH excluding ortho intramolecular Hbond substituents is 2. The second kappa shape index (κ2) is 7.10. The maximum absolute atomic E-state index is 10.5. The van der Waals surface area contributed by atoms with Crippen molar-refractivity contribution in [2.75, 3.05) is 20.4 Å². The summed E-state index contributed by atoms with van der Waals surface area (Å²) in [6, 6.07) is 7.31. The standard InChI is InChI=1S/C18H23O4P/c1-6-23(15-9-13(21-4)7-11(2)17(15)19)16-10-14(22-5)8-12(3)18(16)20/h7-10,19-20H,6H2,1-5H3. The van der Waals surface area contributed by atoms with Crippen molar-refractivity contribution in [1.82, 2.24) is 0 Å². The van der Waals surface area contributed by atoms with Crippen molar-refractivity contribution < 1.29 is 19.7 Å². The monoisotopic (exact) mass is 334 g/mol. The number of rotatable bonds is 5. The van der Waals surface area contributed by atoms with Crippen LogP contribution in [0.4, 0.5) is 0 Å². The van der Waals surface area contributed by atoms with Crippen LogP contribution in [0.5, 0.6) is 23.0 Å². The highest BCUT2D eigenvalue weighted by Gasteiger charge is 2.22. The van der Waals surface area contributed by atoms with Crippen molar-refractivity contribution in [2.24, 2.45) is 0 Å². The Morgan fingerprint density at radius 3 is 1.52 bits per heavy atom. The van der Waals surface area contributed by atoms with Gasteiger partial charge in [-0.25, -0.2) is 0 Å². The van der Waals surface area contributed by atoms with Crippen LogP contribution < -0.4 is 20.1 Å². The van der Waals surface area contributed by atoms with Crippen LogP contribution in [0.15, 0.2) is 24.3 Å². The van der Waals surface area contributed by atoms with E-state index in [2.05, 4.69) is 0 Å². The van der Waals surface area contributed by atoms with Gasteiger partial charge in [-0.15, -0.1) is 0 Å². The third-order valence-corrected chi connectivity index (χ3v) is 6.35. The first-order valence-corrected chi connectivity index (χ1v) is 8.98. The van der Waals surface area contributed by atoms with Crippen molar-refractivity contribution in [1.29, 1.82) is 0 Å². The first kappa shape index (κ1) is 17.4. The van der Waals surface area contributed by atoms with E-state index in [0.29, 0.717) is 11.5 Å². The van der Waals surface area contributed by atoms with Gasteiger partial charge in [-0.1, -0.05) is 6.92 Å². The number of phenols is 2. The van der Waals surface area contributed by atoms with Gasteiger partial charge < -0.3 is 19.7 Å². The summed E-state index contributed by atoms with van der Waals surface area (Å²) < 4.78 is 10.7. The third-order valence-electron chi connectivity index (χ3n) is 3.88.